The van der Waals surface area contributed by atoms with Gasteiger partial charge >= 0.3 is 0 Å². The molecule has 0 unspecified atom stereocenters. The van der Waals surface area contributed by atoms with Crippen LogP contribution >= 0.6 is 0 Å². The number of nitrogens with zero attached hydrogens (tertiary/aromatic N) is 3. The van der Waals surface area contributed by atoms with Crippen molar-refractivity contribution in [2.75, 3.05) is 18.1 Å². The van der Waals surface area contributed by atoms with Crippen LogP contribution in [0.15, 0.2) is 30.6 Å². The molecule has 0 amide bonds. The fourth-order valence-electron chi connectivity index (χ4n) is 1.91. The van der Waals surface area contributed by atoms with E-state index in [0.717, 1.165) is 11.5 Å². The number of aliphatic hydroxyl groups excluding tert-OH is 1. The van der Waals surface area contributed by atoms with Crippen molar-refractivity contribution in [2.45, 2.75) is 19.9 Å². The molecule has 2 heterocycles. The van der Waals surface area contributed by atoms with Gasteiger partial charge in [0.1, 0.15) is 11.5 Å². The van der Waals surface area contributed by atoms with Crippen molar-refractivity contribution in [1.29, 1.82) is 0 Å². The lowest BCUT2D eigenvalue weighted by Gasteiger charge is -2.28. The summed E-state index contributed by atoms with van der Waals surface area (Å²) in [6, 6.07) is 6.36. The molecule has 0 saturated heterocycles. The van der Waals surface area contributed by atoms with Crippen molar-refractivity contribution >= 4 is 11.5 Å². The highest BCUT2D eigenvalue weighted by Gasteiger charge is 2.12. The van der Waals surface area contributed by atoms with Gasteiger partial charge in [-0.15, -0.1) is 0 Å². The summed E-state index contributed by atoms with van der Waals surface area (Å²) in [5.74, 6) is 1.07. The molecule has 0 aromatic carbocycles. The molecule has 0 radical (unpaired) electrons. The van der Waals surface area contributed by atoms with Gasteiger partial charge in [0.2, 0.25) is 0 Å². The van der Waals surface area contributed by atoms with E-state index in [-0.39, 0.29) is 6.61 Å². The van der Waals surface area contributed by atoms with Crippen LogP contribution in [0, 0.1) is 0 Å². The Kier molecular flexibility index (Phi) is 3.10. The third kappa shape index (κ3) is 1.88. The van der Waals surface area contributed by atoms with E-state index in [2.05, 4.69) is 23.7 Å². The molecule has 0 aliphatic rings. The van der Waals surface area contributed by atoms with Gasteiger partial charge in [0, 0.05) is 25.0 Å². The molecule has 2 aromatic rings. The highest BCUT2D eigenvalue weighted by atomic mass is 16.3. The summed E-state index contributed by atoms with van der Waals surface area (Å²) in [5, 5.41) is 9.10. The Hall–Kier alpha value is -1.55. The Bertz CT molecular complexity index is 464. The van der Waals surface area contributed by atoms with Crippen LogP contribution in [0.3, 0.4) is 0 Å². The third-order valence-electron chi connectivity index (χ3n) is 2.67. The minimum absolute atomic E-state index is 0.156. The monoisotopic (exact) mass is 219 g/mol. The molecule has 4 heteroatoms. The number of imidazole rings is 1. The van der Waals surface area contributed by atoms with Gasteiger partial charge in [-0.25, -0.2) is 4.98 Å². The summed E-state index contributed by atoms with van der Waals surface area (Å²) >= 11 is 0. The number of aliphatic hydroxyl groups is 1. The Morgan fingerprint density at radius 2 is 2.25 bits per heavy atom. The Morgan fingerprint density at radius 3 is 2.94 bits per heavy atom. The molecular weight excluding hydrogens is 202 g/mol. The van der Waals surface area contributed by atoms with E-state index in [9.17, 15) is 0 Å². The molecule has 4 nitrogen and oxygen atoms in total. The first kappa shape index (κ1) is 11.0. The molecule has 0 aliphatic heterocycles. The smallest absolute Gasteiger partial charge is 0.138 e. The van der Waals surface area contributed by atoms with Crippen molar-refractivity contribution in [3.8, 4) is 0 Å². The molecular formula is C12H17N3O. The van der Waals surface area contributed by atoms with E-state index in [1.165, 1.54) is 0 Å². The number of anilines is 1. The van der Waals surface area contributed by atoms with Crippen LogP contribution in [0.25, 0.3) is 5.65 Å². The SMILES string of the molecule is CC(C)N(CCO)c1cccc2nccn12. The quantitative estimate of drug-likeness (QED) is 0.848. The molecule has 0 atom stereocenters. The Morgan fingerprint density at radius 1 is 1.44 bits per heavy atom. The lowest BCUT2D eigenvalue weighted by molar-refractivity contribution is 0.298. The Labute approximate surface area is 95.1 Å². The zero-order valence-electron chi connectivity index (χ0n) is 9.67. The van der Waals surface area contributed by atoms with Gasteiger partial charge in [0.05, 0.1) is 6.61 Å². The topological polar surface area (TPSA) is 40.8 Å². The molecule has 0 fully saturated rings. The molecule has 0 bridgehead atoms. The van der Waals surface area contributed by atoms with E-state index in [4.69, 9.17) is 5.11 Å². The standard InChI is InChI=1S/C12H17N3O/c1-10(2)14(8-9-16)12-5-3-4-11-13-6-7-15(11)12/h3-7,10,16H,8-9H2,1-2H3. The van der Waals surface area contributed by atoms with Crippen molar-refractivity contribution in [3.63, 3.8) is 0 Å². The highest BCUT2D eigenvalue weighted by Crippen LogP contribution is 2.18. The van der Waals surface area contributed by atoms with E-state index in [0.29, 0.717) is 12.6 Å². The van der Waals surface area contributed by atoms with Gasteiger partial charge in [-0.05, 0) is 26.0 Å². The maximum atomic E-state index is 9.10. The average Bonchev–Trinajstić information content (AvgIpc) is 2.73. The van der Waals surface area contributed by atoms with Crippen LogP contribution in [0.5, 0.6) is 0 Å². The van der Waals surface area contributed by atoms with E-state index < -0.39 is 0 Å². The largest absolute Gasteiger partial charge is 0.395 e. The molecule has 2 rings (SSSR count). The lowest BCUT2D eigenvalue weighted by Crippen LogP contribution is -2.34. The van der Waals surface area contributed by atoms with E-state index in [1.807, 2.05) is 28.8 Å². The van der Waals surface area contributed by atoms with Crippen LogP contribution in [-0.2, 0) is 0 Å². The second kappa shape index (κ2) is 4.53. The normalized spacial score (nSPS) is 11.2. The average molecular weight is 219 g/mol. The third-order valence-corrected chi connectivity index (χ3v) is 2.67. The summed E-state index contributed by atoms with van der Waals surface area (Å²) in [6.45, 7) is 5.02. The first-order valence-electron chi connectivity index (χ1n) is 5.53. The van der Waals surface area contributed by atoms with Crippen LogP contribution in [-0.4, -0.2) is 33.7 Å². The zero-order chi connectivity index (χ0) is 11.5. The fourth-order valence-corrected chi connectivity index (χ4v) is 1.91. The zero-order valence-corrected chi connectivity index (χ0v) is 9.67. The van der Waals surface area contributed by atoms with Crippen LogP contribution in [0.2, 0.25) is 0 Å². The minimum Gasteiger partial charge on any atom is -0.395 e. The number of fused-ring (bicyclic) bond motifs is 1. The lowest BCUT2D eigenvalue weighted by atomic mass is 10.3. The molecule has 0 spiro atoms. The van der Waals surface area contributed by atoms with Gasteiger partial charge in [0.25, 0.3) is 0 Å². The molecule has 86 valence electrons. The molecule has 0 aliphatic carbocycles. The number of hydrogen-bond acceptors (Lipinski definition) is 3. The maximum Gasteiger partial charge on any atom is 0.138 e. The summed E-state index contributed by atoms with van der Waals surface area (Å²) < 4.78 is 2.04. The minimum atomic E-state index is 0.156. The number of hydrogen-bond donors (Lipinski definition) is 1. The van der Waals surface area contributed by atoms with Crippen LogP contribution < -0.4 is 4.90 Å². The number of pyridine rings is 1. The predicted octanol–water partition coefficient (Wildman–Crippen LogP) is 1.54. The second-order valence-corrected chi connectivity index (χ2v) is 4.05. The van der Waals surface area contributed by atoms with Gasteiger partial charge in [-0.2, -0.15) is 0 Å². The maximum absolute atomic E-state index is 9.10. The van der Waals surface area contributed by atoms with Crippen molar-refractivity contribution in [3.05, 3.63) is 30.6 Å². The van der Waals surface area contributed by atoms with Gasteiger partial charge < -0.3 is 10.0 Å². The molecule has 2 aromatic heterocycles. The molecule has 1 N–H and O–H groups in total. The Balaban J connectivity index is 2.47. The number of rotatable bonds is 4. The van der Waals surface area contributed by atoms with Crippen LogP contribution in [0.1, 0.15) is 13.8 Å². The fraction of sp³-hybridized carbons (Fsp3) is 0.417. The first-order valence-corrected chi connectivity index (χ1v) is 5.53. The molecule has 16 heavy (non-hydrogen) atoms. The first-order chi connectivity index (χ1) is 7.74. The van der Waals surface area contributed by atoms with Gasteiger partial charge in [-0.3, -0.25) is 4.40 Å². The van der Waals surface area contributed by atoms with E-state index in [1.54, 1.807) is 6.20 Å². The molecule has 0 saturated carbocycles. The second-order valence-electron chi connectivity index (χ2n) is 4.05. The van der Waals surface area contributed by atoms with Gasteiger partial charge in [0.15, 0.2) is 0 Å². The predicted molar refractivity (Wildman–Crippen MR) is 64.8 cm³/mol. The summed E-state index contributed by atoms with van der Waals surface area (Å²) in [6.07, 6.45) is 3.73. The van der Waals surface area contributed by atoms with Crippen molar-refractivity contribution < 1.29 is 5.11 Å². The van der Waals surface area contributed by atoms with Crippen molar-refractivity contribution in [2.24, 2.45) is 0 Å². The van der Waals surface area contributed by atoms with Crippen molar-refractivity contribution in [1.82, 2.24) is 9.38 Å². The highest BCUT2D eigenvalue weighted by molar-refractivity contribution is 5.51. The number of aromatic nitrogens is 2. The van der Waals surface area contributed by atoms with E-state index >= 15 is 0 Å². The summed E-state index contributed by atoms with van der Waals surface area (Å²) in [5.41, 5.74) is 0.932. The summed E-state index contributed by atoms with van der Waals surface area (Å²) in [4.78, 5) is 6.42. The van der Waals surface area contributed by atoms with Gasteiger partial charge in [-0.1, -0.05) is 6.07 Å². The van der Waals surface area contributed by atoms with Crippen LogP contribution in [0.4, 0.5) is 5.82 Å². The summed E-state index contributed by atoms with van der Waals surface area (Å²) in [7, 11) is 0.